The molecular weight excluding hydrogens is 100 g/mol. The Morgan fingerprint density at radius 3 is 2.80 bits per heavy atom. The van der Waals surface area contributed by atoms with Gasteiger partial charge in [0.1, 0.15) is 10.8 Å². The first-order valence-electron chi connectivity index (χ1n) is 1.28. The fourth-order valence-electron chi connectivity index (χ4n) is 0.160. The fraction of sp³-hybridized carbons (Fsp3) is 0. The molecule has 1 heterocycles. The molecule has 0 nitrogen and oxygen atoms in total. The third kappa shape index (κ3) is 0.667. The van der Waals surface area contributed by atoms with Gasteiger partial charge in [-0.2, -0.15) is 0 Å². The van der Waals surface area contributed by atoms with Crippen LogP contribution in [0.15, 0.2) is 15.5 Å². The largest absolute Gasteiger partial charge is 0.242 e. The smallest absolute Gasteiger partial charge is 0.0777 e. The maximum Gasteiger partial charge on any atom is 0.242 e. The first-order valence-corrected chi connectivity index (χ1v) is 3.16. The zero-order valence-electron chi connectivity index (χ0n) is 2.55. The molecule has 0 aliphatic carbocycles. The molecule has 0 amide bonds. The van der Waals surface area contributed by atoms with E-state index in [0.29, 0.717) is 0 Å². The van der Waals surface area contributed by atoms with Gasteiger partial charge in [0, 0.05) is 0 Å². The minimum absolute atomic E-state index is 1.73. The average Bonchev–Trinajstić information content (AvgIpc) is 1.76. The maximum absolute atomic E-state index is 2.08. The minimum atomic E-state index is 1.73. The van der Waals surface area contributed by atoms with Crippen molar-refractivity contribution in [3.8, 4) is 0 Å². The number of rotatable bonds is 0. The van der Waals surface area contributed by atoms with E-state index in [4.69, 9.17) is 0 Å². The summed E-state index contributed by atoms with van der Waals surface area (Å²) in [6, 6.07) is 0. The average molecular weight is 103 g/mol. The molecule has 0 aromatic carbocycles. The topological polar surface area (TPSA) is 0 Å². The molecule has 5 heavy (non-hydrogen) atoms. The van der Waals surface area contributed by atoms with Gasteiger partial charge in [0.15, 0.2) is 0 Å². The molecule has 0 unspecified atom stereocenters. The molecule has 0 N–H and O–H groups in total. The van der Waals surface area contributed by atoms with Gasteiger partial charge in [0.05, 0.1) is 22.7 Å². The van der Waals surface area contributed by atoms with Crippen molar-refractivity contribution in [1.29, 1.82) is 0 Å². The van der Waals surface area contributed by atoms with Crippen molar-refractivity contribution in [3.63, 3.8) is 0 Å². The Morgan fingerprint density at radius 2 is 2.60 bits per heavy atom. The molecule has 0 fully saturated rings. The molecule has 0 spiro atoms. The molecule has 1 aromatic rings. The highest BCUT2D eigenvalue weighted by atomic mass is 32.2. The van der Waals surface area contributed by atoms with Crippen LogP contribution in [0.3, 0.4) is 0 Å². The summed E-state index contributed by atoms with van der Waals surface area (Å²) >= 11 is 3.46. The zero-order valence-corrected chi connectivity index (χ0v) is 4.18. The van der Waals surface area contributed by atoms with Crippen molar-refractivity contribution in [2.75, 3.05) is 0 Å². The Kier molecular flexibility index (Phi) is 0.960. The standard InChI is InChI=1S/C3H3S2/c1-2-5-3-4-1/h1-3H/q+1. The van der Waals surface area contributed by atoms with E-state index < -0.39 is 0 Å². The van der Waals surface area contributed by atoms with Crippen LogP contribution in [0.2, 0.25) is 0 Å². The Balaban J connectivity index is 3.13. The molecule has 0 aliphatic rings. The first kappa shape index (κ1) is 3.25. The van der Waals surface area contributed by atoms with Crippen molar-refractivity contribution in [2.24, 2.45) is 0 Å². The SMILES string of the molecule is c1c[s+]cs1. The van der Waals surface area contributed by atoms with Gasteiger partial charge in [-0.3, -0.25) is 0 Å². The van der Waals surface area contributed by atoms with E-state index in [1.165, 1.54) is 0 Å². The summed E-state index contributed by atoms with van der Waals surface area (Å²) in [6.07, 6.45) is 0. The highest BCUT2D eigenvalue weighted by molar-refractivity contribution is 7.25. The summed E-state index contributed by atoms with van der Waals surface area (Å²) in [4.78, 5) is 0. The normalized spacial score (nSPS) is 8.00. The number of hydrogen-bond acceptors (Lipinski definition) is 1. The van der Waals surface area contributed by atoms with Gasteiger partial charge in [-0.1, -0.05) is 0 Å². The summed E-state index contributed by atoms with van der Waals surface area (Å²) in [7, 11) is 0. The predicted octanol–water partition coefficient (Wildman–Crippen LogP) is 2.09. The summed E-state index contributed by atoms with van der Waals surface area (Å²) in [6.45, 7) is 0. The molecule has 0 radical (unpaired) electrons. The zero-order chi connectivity index (χ0) is 3.54. The quantitative estimate of drug-likeness (QED) is 0.441. The Morgan fingerprint density at radius 1 is 1.60 bits per heavy atom. The van der Waals surface area contributed by atoms with Crippen molar-refractivity contribution < 1.29 is 0 Å². The molecule has 0 saturated carbocycles. The lowest BCUT2D eigenvalue weighted by Crippen LogP contribution is -1.05. The predicted molar refractivity (Wildman–Crippen MR) is 26.6 cm³/mol. The van der Waals surface area contributed by atoms with Crippen LogP contribution in [0.25, 0.3) is 0 Å². The Bertz CT molecular complexity index is 61.4. The van der Waals surface area contributed by atoms with Crippen LogP contribution in [-0.4, -0.2) is 0 Å². The lowest BCUT2D eigenvalue weighted by molar-refractivity contribution is 2.38. The highest BCUT2D eigenvalue weighted by Crippen LogP contribution is 2.00. The third-order valence-electron chi connectivity index (χ3n) is 0.324. The van der Waals surface area contributed by atoms with Gasteiger partial charge in [-0.15, -0.1) is 0 Å². The van der Waals surface area contributed by atoms with E-state index in [-0.39, 0.29) is 0 Å². The third-order valence-corrected chi connectivity index (χ3v) is 1.97. The van der Waals surface area contributed by atoms with Gasteiger partial charge >= 0.3 is 0 Å². The van der Waals surface area contributed by atoms with Gasteiger partial charge in [-0.25, -0.2) is 0 Å². The molecular formula is C3H3S2+. The summed E-state index contributed by atoms with van der Waals surface area (Å²) < 4.78 is 2.08. The van der Waals surface area contributed by atoms with Crippen LogP contribution in [-0.2, 0) is 0 Å². The molecule has 1 aromatic heterocycles. The first-order chi connectivity index (χ1) is 2.50. The lowest BCUT2D eigenvalue weighted by atomic mass is 11.2. The van der Waals surface area contributed by atoms with Crippen molar-refractivity contribution in [1.82, 2.24) is 0 Å². The van der Waals surface area contributed by atoms with Crippen LogP contribution >= 0.6 is 22.7 Å². The van der Waals surface area contributed by atoms with Crippen LogP contribution in [0.4, 0.5) is 0 Å². The molecule has 0 atom stereocenters. The monoisotopic (exact) mass is 103 g/mol. The van der Waals surface area contributed by atoms with Gasteiger partial charge in [0.2, 0.25) is 4.69 Å². The molecule has 0 saturated heterocycles. The van der Waals surface area contributed by atoms with Crippen molar-refractivity contribution >= 4 is 22.7 Å². The molecule has 1 rings (SSSR count). The second kappa shape index (κ2) is 1.48. The Hall–Kier alpha value is 0.0500. The second-order valence-corrected chi connectivity index (χ2v) is 2.50. The van der Waals surface area contributed by atoms with E-state index >= 15 is 0 Å². The van der Waals surface area contributed by atoms with Gasteiger partial charge in [-0.05, 0) is 0 Å². The van der Waals surface area contributed by atoms with Gasteiger partial charge < -0.3 is 0 Å². The van der Waals surface area contributed by atoms with E-state index in [2.05, 4.69) is 15.5 Å². The molecule has 26 valence electrons. The van der Waals surface area contributed by atoms with Crippen LogP contribution in [0.5, 0.6) is 0 Å². The van der Waals surface area contributed by atoms with E-state index in [1.54, 1.807) is 22.7 Å². The summed E-state index contributed by atoms with van der Waals surface area (Å²) in [5.74, 6) is 0. The molecule has 2 heteroatoms. The molecule has 0 bridgehead atoms. The summed E-state index contributed by atoms with van der Waals surface area (Å²) in [5, 5.41) is 4.12. The minimum Gasteiger partial charge on any atom is 0.0777 e. The van der Waals surface area contributed by atoms with Gasteiger partial charge in [0.25, 0.3) is 0 Å². The van der Waals surface area contributed by atoms with Crippen molar-refractivity contribution in [2.45, 2.75) is 0 Å². The summed E-state index contributed by atoms with van der Waals surface area (Å²) in [5.41, 5.74) is 0. The van der Waals surface area contributed by atoms with Crippen LogP contribution in [0.1, 0.15) is 0 Å². The van der Waals surface area contributed by atoms with E-state index in [0.717, 1.165) is 0 Å². The van der Waals surface area contributed by atoms with E-state index in [1.807, 2.05) is 0 Å². The van der Waals surface area contributed by atoms with Crippen molar-refractivity contribution in [3.05, 3.63) is 15.5 Å². The second-order valence-electron chi connectivity index (χ2n) is 0.641. The van der Waals surface area contributed by atoms with E-state index in [9.17, 15) is 0 Å². The highest BCUT2D eigenvalue weighted by Gasteiger charge is 1.77. The lowest BCUT2D eigenvalue weighted by Gasteiger charge is -1.21. The molecule has 0 aliphatic heterocycles. The maximum atomic E-state index is 2.08. The van der Waals surface area contributed by atoms with Crippen LogP contribution in [0, 0.1) is 0 Å². The Labute approximate surface area is 38.7 Å². The van der Waals surface area contributed by atoms with Crippen LogP contribution < -0.4 is 0 Å². The number of hydrogen-bond donors (Lipinski definition) is 0. The fourth-order valence-corrected chi connectivity index (χ4v) is 1.44.